The first-order valence-electron chi connectivity index (χ1n) is 15.3. The molecule has 3 aromatic carbocycles. The summed E-state index contributed by atoms with van der Waals surface area (Å²) in [4.78, 5) is 49.2. The summed E-state index contributed by atoms with van der Waals surface area (Å²) in [5.74, 6) is -0.779. The van der Waals surface area contributed by atoms with Crippen LogP contribution in [0.3, 0.4) is 0 Å². The van der Waals surface area contributed by atoms with Crippen LogP contribution in [0.2, 0.25) is 0 Å². The summed E-state index contributed by atoms with van der Waals surface area (Å²) < 4.78 is 5.20. The van der Waals surface area contributed by atoms with E-state index in [1.165, 1.54) is 7.11 Å². The van der Waals surface area contributed by atoms with Crippen LogP contribution < -0.4 is 22.1 Å². The summed E-state index contributed by atoms with van der Waals surface area (Å²) >= 11 is 0. The molecule has 3 unspecified atom stereocenters. The molecule has 5 rings (SSSR count). The minimum atomic E-state index is -0.816. The number of H-pyrrole nitrogens is 1. The van der Waals surface area contributed by atoms with Crippen LogP contribution in [0.5, 0.6) is 0 Å². The zero-order valence-corrected chi connectivity index (χ0v) is 25.5. The standard InChI is InChI=1S/C34H41N7O4/c1-45-33(44)30(18-24-20-38-28-13-5-4-12-27(24)28)41-17-15-25(40-29(32(41)43)14-7-16-37-34(35)36)21-39-31(42)19-23-10-6-9-22-8-2-3-11-26(22)23/h2-6,8-13,20,25,29-30,38,40H,7,14-19,21H2,1H3,(H,39,42)(H4,35,36,37). The number of carbonyl (C=O) groups excluding carboxylic acids is 3. The third kappa shape index (κ3) is 7.79. The van der Waals surface area contributed by atoms with Gasteiger partial charge in [0.05, 0.1) is 19.6 Å². The molecule has 0 bridgehead atoms. The van der Waals surface area contributed by atoms with Crippen LogP contribution in [-0.4, -0.2) is 78.5 Å². The smallest absolute Gasteiger partial charge is 0.328 e. The molecule has 0 radical (unpaired) electrons. The molecule has 45 heavy (non-hydrogen) atoms. The summed E-state index contributed by atoms with van der Waals surface area (Å²) in [6.45, 7) is 1.03. The average molecular weight is 612 g/mol. The van der Waals surface area contributed by atoms with E-state index in [4.69, 9.17) is 16.2 Å². The monoisotopic (exact) mass is 611 g/mol. The number of hydrogen-bond acceptors (Lipinski definition) is 6. The van der Waals surface area contributed by atoms with Gasteiger partial charge in [-0.1, -0.05) is 60.7 Å². The molecule has 0 saturated carbocycles. The lowest BCUT2D eigenvalue weighted by Crippen LogP contribution is -2.53. The van der Waals surface area contributed by atoms with Crippen molar-refractivity contribution in [2.45, 2.75) is 50.2 Å². The zero-order chi connectivity index (χ0) is 31.8. The van der Waals surface area contributed by atoms with E-state index in [1.54, 1.807) is 4.90 Å². The van der Waals surface area contributed by atoms with Crippen LogP contribution in [0.1, 0.15) is 30.4 Å². The number of ether oxygens (including phenoxy) is 1. The number of aliphatic imine (C=N–C) groups is 1. The Morgan fingerprint density at radius 3 is 2.60 bits per heavy atom. The minimum Gasteiger partial charge on any atom is -0.467 e. The Kier molecular flexibility index (Phi) is 10.3. The van der Waals surface area contributed by atoms with Crippen molar-refractivity contribution in [1.29, 1.82) is 0 Å². The lowest BCUT2D eigenvalue weighted by atomic mass is 10.0. The van der Waals surface area contributed by atoms with Crippen molar-refractivity contribution in [3.8, 4) is 0 Å². The number of rotatable bonds is 12. The molecule has 1 saturated heterocycles. The van der Waals surface area contributed by atoms with Gasteiger partial charge in [-0.15, -0.1) is 0 Å². The molecule has 3 atom stereocenters. The molecular formula is C34H41N7O4. The van der Waals surface area contributed by atoms with E-state index in [-0.39, 0.29) is 30.2 Å². The first-order chi connectivity index (χ1) is 21.8. The van der Waals surface area contributed by atoms with Gasteiger partial charge in [0.2, 0.25) is 11.8 Å². The average Bonchev–Trinajstić information content (AvgIpc) is 3.39. The van der Waals surface area contributed by atoms with Crippen molar-refractivity contribution < 1.29 is 19.1 Å². The molecular weight excluding hydrogens is 570 g/mol. The molecule has 4 aromatic rings. The highest BCUT2D eigenvalue weighted by molar-refractivity contribution is 5.91. The number of nitrogens with one attached hydrogen (secondary N) is 3. The fourth-order valence-electron chi connectivity index (χ4n) is 6.11. The second-order valence-electron chi connectivity index (χ2n) is 11.4. The number of amides is 2. The van der Waals surface area contributed by atoms with Crippen molar-refractivity contribution in [3.05, 3.63) is 84.1 Å². The molecule has 2 amide bonds. The van der Waals surface area contributed by atoms with E-state index in [9.17, 15) is 14.4 Å². The molecule has 1 aromatic heterocycles. The summed E-state index contributed by atoms with van der Waals surface area (Å²) in [5, 5.41) is 9.65. The van der Waals surface area contributed by atoms with Gasteiger partial charge >= 0.3 is 5.97 Å². The largest absolute Gasteiger partial charge is 0.467 e. The van der Waals surface area contributed by atoms with E-state index in [0.29, 0.717) is 45.3 Å². The third-order valence-corrected chi connectivity index (χ3v) is 8.40. The number of para-hydroxylation sites is 1. The summed E-state index contributed by atoms with van der Waals surface area (Å²) in [6, 6.07) is 20.2. The van der Waals surface area contributed by atoms with Crippen LogP contribution in [0.4, 0.5) is 0 Å². The van der Waals surface area contributed by atoms with Crippen molar-refractivity contribution >= 4 is 45.4 Å². The predicted octanol–water partition coefficient (Wildman–Crippen LogP) is 2.38. The summed E-state index contributed by atoms with van der Waals surface area (Å²) in [7, 11) is 1.34. The van der Waals surface area contributed by atoms with E-state index in [1.807, 2.05) is 72.9 Å². The Bertz CT molecular complexity index is 1670. The number of esters is 1. The number of benzene rings is 3. The summed E-state index contributed by atoms with van der Waals surface area (Å²) in [6.07, 6.45) is 3.97. The van der Waals surface area contributed by atoms with Crippen molar-refractivity contribution in [2.75, 3.05) is 26.7 Å². The zero-order valence-electron chi connectivity index (χ0n) is 25.5. The maximum atomic E-state index is 14.1. The second-order valence-corrected chi connectivity index (χ2v) is 11.4. The van der Waals surface area contributed by atoms with Crippen LogP contribution in [0.25, 0.3) is 21.7 Å². The number of fused-ring (bicyclic) bond motifs is 2. The van der Waals surface area contributed by atoms with Crippen LogP contribution in [0.15, 0.2) is 77.9 Å². The van der Waals surface area contributed by atoms with E-state index >= 15 is 0 Å². The Morgan fingerprint density at radius 1 is 1.04 bits per heavy atom. The van der Waals surface area contributed by atoms with E-state index in [0.717, 1.165) is 32.8 Å². The molecule has 2 heterocycles. The Labute approximate surface area is 262 Å². The molecule has 11 nitrogen and oxygen atoms in total. The Balaban J connectivity index is 1.31. The first kappa shape index (κ1) is 31.5. The fourth-order valence-corrected chi connectivity index (χ4v) is 6.11. The fraction of sp³-hybridized carbons (Fsp3) is 0.353. The molecule has 1 aliphatic heterocycles. The van der Waals surface area contributed by atoms with Gasteiger partial charge in [-0.25, -0.2) is 4.79 Å². The molecule has 0 aliphatic carbocycles. The number of nitrogens with two attached hydrogens (primary N) is 2. The number of nitrogens with zero attached hydrogens (tertiary/aromatic N) is 2. The van der Waals surface area contributed by atoms with Gasteiger partial charge in [0.1, 0.15) is 6.04 Å². The second kappa shape index (κ2) is 14.7. The highest BCUT2D eigenvalue weighted by atomic mass is 16.5. The molecule has 236 valence electrons. The normalized spacial score (nSPS) is 17.5. The topological polar surface area (TPSA) is 168 Å². The highest BCUT2D eigenvalue weighted by Crippen LogP contribution is 2.24. The predicted molar refractivity (Wildman–Crippen MR) is 175 cm³/mol. The third-order valence-electron chi connectivity index (χ3n) is 8.40. The Hall–Kier alpha value is -4.90. The number of hydrogen-bond donors (Lipinski definition) is 5. The lowest BCUT2D eigenvalue weighted by molar-refractivity contribution is -0.153. The number of guanidine groups is 1. The van der Waals surface area contributed by atoms with Gasteiger partial charge in [-0.3, -0.25) is 14.6 Å². The summed E-state index contributed by atoms with van der Waals surface area (Å²) in [5.41, 5.74) is 13.8. The van der Waals surface area contributed by atoms with Crippen LogP contribution >= 0.6 is 0 Å². The quantitative estimate of drug-likeness (QED) is 0.0709. The molecule has 7 N–H and O–H groups in total. The van der Waals surface area contributed by atoms with Crippen LogP contribution in [-0.2, 0) is 32.0 Å². The molecule has 1 aliphatic rings. The van der Waals surface area contributed by atoms with Gasteiger partial charge in [0.25, 0.3) is 0 Å². The van der Waals surface area contributed by atoms with Gasteiger partial charge in [-0.2, -0.15) is 0 Å². The van der Waals surface area contributed by atoms with Crippen molar-refractivity contribution in [1.82, 2.24) is 20.5 Å². The molecule has 0 spiro atoms. The van der Waals surface area contributed by atoms with E-state index < -0.39 is 18.1 Å². The molecule has 1 fully saturated rings. The van der Waals surface area contributed by atoms with Gasteiger partial charge in [0.15, 0.2) is 5.96 Å². The number of aromatic nitrogens is 1. The number of aromatic amines is 1. The molecule has 11 heteroatoms. The van der Waals surface area contributed by atoms with Gasteiger partial charge in [0, 0.05) is 49.2 Å². The number of methoxy groups -OCH3 is 1. The SMILES string of the molecule is COC(=O)C(Cc1c[nH]c2ccccc12)N1CCC(CNC(=O)Cc2cccc3ccccc23)NC(CCCN=C(N)N)C1=O. The van der Waals surface area contributed by atoms with Crippen molar-refractivity contribution in [3.63, 3.8) is 0 Å². The highest BCUT2D eigenvalue weighted by Gasteiger charge is 2.38. The maximum absolute atomic E-state index is 14.1. The van der Waals surface area contributed by atoms with Crippen molar-refractivity contribution in [2.24, 2.45) is 16.5 Å². The van der Waals surface area contributed by atoms with E-state index in [2.05, 4.69) is 20.6 Å². The van der Waals surface area contributed by atoms with Crippen LogP contribution in [0, 0.1) is 0 Å². The van der Waals surface area contributed by atoms with Gasteiger partial charge < -0.3 is 36.7 Å². The lowest BCUT2D eigenvalue weighted by Gasteiger charge is -2.31. The number of carbonyl (C=O) groups is 3. The Morgan fingerprint density at radius 2 is 1.80 bits per heavy atom. The maximum Gasteiger partial charge on any atom is 0.328 e. The first-order valence-corrected chi connectivity index (χ1v) is 15.3. The van der Waals surface area contributed by atoms with Gasteiger partial charge in [-0.05, 0) is 47.2 Å². The minimum absolute atomic E-state index is 0.00644.